The van der Waals surface area contributed by atoms with Crippen molar-refractivity contribution in [2.45, 2.75) is 57.3 Å². The number of hydrogen-bond donors (Lipinski definition) is 2. The molecule has 15 nitrogen and oxygen atoms in total. The summed E-state index contributed by atoms with van der Waals surface area (Å²) in [5.41, 5.74) is 2.15. The third-order valence-electron chi connectivity index (χ3n) is 6.67. The Morgan fingerprint density at radius 2 is 1.75 bits per heavy atom. The van der Waals surface area contributed by atoms with E-state index in [1.807, 2.05) is 12.1 Å². The second-order valence-electron chi connectivity index (χ2n) is 8.92. The van der Waals surface area contributed by atoms with Crippen molar-refractivity contribution < 1.29 is 73.6 Å². The van der Waals surface area contributed by atoms with Gasteiger partial charge in [-0.1, -0.05) is 12.1 Å². The van der Waals surface area contributed by atoms with Gasteiger partial charge < -0.3 is 39.5 Å². The topological polar surface area (TPSA) is 218 Å². The van der Waals surface area contributed by atoms with Crippen molar-refractivity contribution >= 4 is 30.3 Å². The van der Waals surface area contributed by atoms with Gasteiger partial charge in [-0.15, -0.1) is 27.9 Å². The summed E-state index contributed by atoms with van der Waals surface area (Å²) in [7, 11) is 2.17. The molecule has 2 bridgehead atoms. The van der Waals surface area contributed by atoms with Gasteiger partial charge in [0.25, 0.3) is 11.1 Å². The van der Waals surface area contributed by atoms with E-state index in [0.717, 1.165) is 37.2 Å². The Morgan fingerprint density at radius 1 is 1.20 bits per heavy atom. The summed E-state index contributed by atoms with van der Waals surface area (Å²) in [6.07, 6.45) is 5.31. The summed E-state index contributed by atoms with van der Waals surface area (Å²) in [5, 5.41) is 30.1. The van der Waals surface area contributed by atoms with Gasteiger partial charge in [0.2, 0.25) is 0 Å². The zero-order valence-electron chi connectivity index (χ0n) is 22.5. The number of carboxylic acids is 1. The molecule has 1 aromatic rings. The largest absolute Gasteiger partial charge is 1.00 e. The van der Waals surface area contributed by atoms with E-state index in [0.29, 0.717) is 17.5 Å². The van der Waals surface area contributed by atoms with Crippen molar-refractivity contribution in [1.29, 1.82) is 0 Å². The summed E-state index contributed by atoms with van der Waals surface area (Å²) < 4.78 is 17.5. The van der Waals surface area contributed by atoms with Crippen molar-refractivity contribution in [2.75, 3.05) is 13.6 Å². The van der Waals surface area contributed by atoms with E-state index in [2.05, 4.69) is 24.1 Å². The van der Waals surface area contributed by atoms with Crippen molar-refractivity contribution in [3.8, 4) is 11.5 Å². The van der Waals surface area contributed by atoms with Crippen LogP contribution < -0.4 is 39.0 Å². The van der Waals surface area contributed by atoms with E-state index in [1.165, 1.54) is 19.4 Å². The first-order valence-corrected chi connectivity index (χ1v) is 11.3. The number of hydrogen-bond acceptors (Lipinski definition) is 12. The number of benzene rings is 1. The van der Waals surface area contributed by atoms with Crippen LogP contribution in [0.15, 0.2) is 29.6 Å². The molecule has 5 rings (SSSR count). The molecule has 5 atom stereocenters. The van der Waals surface area contributed by atoms with Gasteiger partial charge in [0.15, 0.2) is 17.6 Å². The van der Waals surface area contributed by atoms with Gasteiger partial charge in [-0.05, 0) is 44.1 Å². The molecule has 1 spiro atoms. The normalized spacial score (nSPS) is 25.3. The zero-order chi connectivity index (χ0) is 28.8. The molecule has 0 saturated carbocycles. The number of likely N-dealkylation sites (tertiary alicyclic amines) is 1. The monoisotopic (exact) mass is 597 g/mol. The number of carbonyl (C=O) groups excluding carboxylic acids is 2. The Balaban J connectivity index is 0.00000102. The van der Waals surface area contributed by atoms with Gasteiger partial charge >= 0.3 is 41.5 Å². The Morgan fingerprint density at radius 3 is 2.25 bits per heavy atom. The second-order valence-corrected chi connectivity index (χ2v) is 8.92. The third-order valence-corrected chi connectivity index (χ3v) is 6.67. The Hall–Kier alpha value is -2.98. The maximum absolute atomic E-state index is 11.7. The molecule has 1 saturated heterocycles. The number of nitrogens with zero attached hydrogens (tertiary/aromatic N) is 3. The number of likely N-dealkylation sites (N-methyl/N-ethyl adjacent to an activating group) is 1. The molecule has 2 heterocycles. The van der Waals surface area contributed by atoms with E-state index in [1.54, 1.807) is 0 Å². The minimum atomic E-state index is -1.50. The predicted octanol–water partition coefficient (Wildman–Crippen LogP) is -0.592. The molecule has 0 unspecified atom stereocenters. The van der Waals surface area contributed by atoms with E-state index in [4.69, 9.17) is 49.5 Å². The molecule has 17 heteroatoms. The fourth-order valence-electron chi connectivity index (χ4n) is 5.74. The van der Waals surface area contributed by atoms with Crippen molar-refractivity contribution in [2.24, 2.45) is 11.3 Å². The summed E-state index contributed by atoms with van der Waals surface area (Å²) >= 11 is 0. The van der Waals surface area contributed by atoms with E-state index < -0.39 is 17.2 Å². The van der Waals surface area contributed by atoms with Gasteiger partial charge in [0, 0.05) is 43.7 Å². The van der Waals surface area contributed by atoms with Crippen LogP contribution in [0.3, 0.4) is 0 Å². The summed E-state index contributed by atoms with van der Waals surface area (Å²) in [4.78, 5) is 51.1. The van der Waals surface area contributed by atoms with E-state index in [-0.39, 0.29) is 71.3 Å². The quantitative estimate of drug-likeness (QED) is 0.0829. The van der Waals surface area contributed by atoms with Gasteiger partial charge in [0.05, 0.1) is 0 Å². The average molecular weight is 598 g/mol. The summed E-state index contributed by atoms with van der Waals surface area (Å²) in [6, 6.07) is 4.28. The molecule has 1 aromatic carbocycles. The van der Waals surface area contributed by atoms with Gasteiger partial charge in [-0.2, -0.15) is 0 Å². The van der Waals surface area contributed by atoms with Crippen LogP contribution >= 0.6 is 12.4 Å². The predicted molar refractivity (Wildman–Crippen MR) is 135 cm³/mol. The van der Waals surface area contributed by atoms with Crippen LogP contribution in [0.5, 0.6) is 11.5 Å². The SMILES string of the molecule is CC(=O)O.CC(=O)Oc1ccc2c3c1O[C@H]1[C@@H](OC(C)=O)C=C[C@H]4[C@@H](C2)N(C)CC[C@@]341.Cl.O=N[O-].O=[N+]([O-])O.[Na+]. The van der Waals surface area contributed by atoms with E-state index >= 15 is 0 Å². The Labute approximate surface area is 257 Å². The molecular weight excluding hydrogens is 569 g/mol. The molecule has 1 fully saturated rings. The number of esters is 2. The van der Waals surface area contributed by atoms with Gasteiger partial charge in [0.1, 0.15) is 6.10 Å². The van der Waals surface area contributed by atoms with Crippen LogP contribution in [0.25, 0.3) is 0 Å². The smallest absolute Gasteiger partial charge is 0.481 e. The molecule has 2 aliphatic heterocycles. The second kappa shape index (κ2) is 15.7. The summed E-state index contributed by atoms with van der Waals surface area (Å²) in [5.74, 6) is -0.121. The number of halogens is 1. The number of carboxylic acid groups (broad SMARTS) is 1. The maximum Gasteiger partial charge on any atom is 1.00 e. The first-order chi connectivity index (χ1) is 17.8. The third kappa shape index (κ3) is 8.04. The fourth-order valence-corrected chi connectivity index (χ4v) is 5.74. The summed E-state index contributed by atoms with van der Waals surface area (Å²) in [6.45, 7) is 4.86. The Bertz CT molecular complexity index is 1120. The number of piperidine rings is 1. The van der Waals surface area contributed by atoms with Crippen LogP contribution in [0.1, 0.15) is 38.3 Å². The first-order valence-electron chi connectivity index (χ1n) is 11.3. The molecule has 4 aliphatic rings. The van der Waals surface area contributed by atoms with Crippen LogP contribution in [-0.2, 0) is 31.0 Å². The molecular formula is C23H29ClN3NaO12. The van der Waals surface area contributed by atoms with Crippen LogP contribution in [0.2, 0.25) is 0 Å². The fraction of sp³-hybridized carbons (Fsp3) is 0.522. The molecule has 0 amide bonds. The van der Waals surface area contributed by atoms with Crippen molar-refractivity contribution in [3.63, 3.8) is 0 Å². The molecule has 216 valence electrons. The van der Waals surface area contributed by atoms with Gasteiger partial charge in [-0.25, -0.2) is 0 Å². The zero-order valence-corrected chi connectivity index (χ0v) is 25.3. The van der Waals surface area contributed by atoms with Gasteiger partial charge in [-0.3, -0.25) is 14.4 Å². The minimum Gasteiger partial charge on any atom is -0.481 e. The minimum absolute atomic E-state index is 0. The molecule has 0 radical (unpaired) electrons. The van der Waals surface area contributed by atoms with E-state index in [9.17, 15) is 9.59 Å². The van der Waals surface area contributed by atoms with Crippen molar-refractivity contribution in [1.82, 2.24) is 4.90 Å². The van der Waals surface area contributed by atoms with Crippen LogP contribution in [0.4, 0.5) is 0 Å². The average Bonchev–Trinajstić information content (AvgIpc) is 3.13. The number of ether oxygens (including phenoxy) is 3. The number of aliphatic carboxylic acids is 1. The molecule has 40 heavy (non-hydrogen) atoms. The van der Waals surface area contributed by atoms with Crippen LogP contribution in [0, 0.1) is 26.1 Å². The first kappa shape index (κ1) is 37.0. The number of carbonyl (C=O) groups is 3. The maximum atomic E-state index is 11.7. The Kier molecular flexibility index (Phi) is 14.5. The molecule has 0 aromatic heterocycles. The van der Waals surface area contributed by atoms with Crippen LogP contribution in [-0.4, -0.2) is 70.1 Å². The molecule has 2 N–H and O–H groups in total. The molecule has 2 aliphatic carbocycles. The van der Waals surface area contributed by atoms with Crippen molar-refractivity contribution in [3.05, 3.63) is 55.6 Å². The standard InChI is InChI=1S/C21H23NO5.C2H4O2.ClH.HNO3.HNO2.Na/c1-11(23)25-16-6-4-13-10-15-14-5-7-17(26-12(2)24)20-21(14,8-9-22(15)3)18(13)19(16)27-20;1-2(3)4;;2-1(3)4;2-1-3;/h4-7,14-15,17,20H,8-10H2,1-3H3;1H3,(H,3,4);1H;(H,2,3,4);(H,2,3);/q;;;;;+1/p-1/t14-,15+,17-,20-,21-;;;;;/m0...../s1. The number of rotatable bonds is 2.